The SMILES string of the molecule is Fc1ccc(-n2nccc2-c2cc3c(s2)-c2ccc(Br)cc2OCC3)c(F)c1. The minimum Gasteiger partial charge on any atom is -0.493 e. The molecule has 0 unspecified atom stereocenters. The number of thiophene rings is 1. The maximum Gasteiger partial charge on any atom is 0.151 e. The van der Waals surface area contributed by atoms with Crippen LogP contribution in [0.4, 0.5) is 8.78 Å². The molecular weight excluding hydrogens is 446 g/mol. The predicted molar refractivity (Wildman–Crippen MR) is 109 cm³/mol. The predicted octanol–water partition coefficient (Wildman–Crippen LogP) is 6.24. The van der Waals surface area contributed by atoms with E-state index in [-0.39, 0.29) is 5.69 Å². The third-order valence-corrected chi connectivity index (χ3v) is 6.39. The first kappa shape index (κ1) is 17.6. The highest BCUT2D eigenvalue weighted by atomic mass is 79.9. The quantitative estimate of drug-likeness (QED) is 0.355. The number of halogens is 3. The van der Waals surface area contributed by atoms with Gasteiger partial charge in [0.15, 0.2) is 5.82 Å². The molecule has 2 aromatic carbocycles. The monoisotopic (exact) mass is 458 g/mol. The van der Waals surface area contributed by atoms with E-state index in [1.807, 2.05) is 24.3 Å². The molecule has 0 saturated heterocycles. The van der Waals surface area contributed by atoms with E-state index in [2.05, 4.69) is 27.1 Å². The standard InChI is InChI=1S/C21H13BrF2N2OS/c22-13-1-3-15-19(10-13)27-8-6-12-9-20(28-21(12)15)18-5-7-25-26(18)17-4-2-14(23)11-16(17)24/h1-5,7,9-11H,6,8H2. The number of fused-ring (bicyclic) bond motifs is 3. The Bertz CT molecular complexity index is 1200. The third-order valence-electron chi connectivity index (χ3n) is 4.66. The van der Waals surface area contributed by atoms with Gasteiger partial charge in [-0.15, -0.1) is 11.3 Å². The zero-order valence-corrected chi connectivity index (χ0v) is 16.9. The summed E-state index contributed by atoms with van der Waals surface area (Å²) in [4.78, 5) is 2.12. The van der Waals surface area contributed by atoms with Crippen LogP contribution in [0.1, 0.15) is 5.56 Å². The summed E-state index contributed by atoms with van der Waals surface area (Å²) in [5.74, 6) is -0.410. The average Bonchev–Trinajstić information content (AvgIpc) is 3.26. The average molecular weight is 459 g/mol. The van der Waals surface area contributed by atoms with E-state index in [1.54, 1.807) is 17.5 Å². The van der Waals surface area contributed by atoms with Gasteiger partial charge in [0.1, 0.15) is 17.3 Å². The van der Waals surface area contributed by atoms with Crippen molar-refractivity contribution >= 4 is 27.3 Å². The second kappa shape index (κ2) is 6.83. The van der Waals surface area contributed by atoms with E-state index >= 15 is 0 Å². The van der Waals surface area contributed by atoms with Crippen LogP contribution in [-0.4, -0.2) is 16.4 Å². The Labute approximate surface area is 172 Å². The first-order valence-electron chi connectivity index (χ1n) is 8.65. The molecular formula is C21H13BrF2N2OS. The zero-order chi connectivity index (χ0) is 19.3. The Morgan fingerprint density at radius 3 is 2.82 bits per heavy atom. The lowest BCUT2D eigenvalue weighted by atomic mass is 10.1. The van der Waals surface area contributed by atoms with Crippen LogP contribution in [0.15, 0.2) is 59.2 Å². The molecule has 1 aliphatic rings. The molecule has 140 valence electrons. The van der Waals surface area contributed by atoms with Crippen molar-refractivity contribution in [1.82, 2.24) is 9.78 Å². The van der Waals surface area contributed by atoms with Crippen molar-refractivity contribution in [3.8, 4) is 32.4 Å². The molecule has 0 spiro atoms. The number of ether oxygens (including phenoxy) is 1. The van der Waals surface area contributed by atoms with Crippen LogP contribution in [0.3, 0.4) is 0 Å². The third kappa shape index (κ3) is 2.95. The van der Waals surface area contributed by atoms with Crippen LogP contribution in [0.5, 0.6) is 5.75 Å². The molecule has 5 rings (SSSR count). The van der Waals surface area contributed by atoms with Crippen LogP contribution in [0, 0.1) is 11.6 Å². The molecule has 7 heteroatoms. The van der Waals surface area contributed by atoms with Gasteiger partial charge in [-0.05, 0) is 48.0 Å². The number of hydrogen-bond donors (Lipinski definition) is 0. The lowest BCUT2D eigenvalue weighted by molar-refractivity contribution is 0.326. The summed E-state index contributed by atoms with van der Waals surface area (Å²) in [6, 6.07) is 13.5. The van der Waals surface area contributed by atoms with E-state index in [0.717, 1.165) is 43.7 Å². The topological polar surface area (TPSA) is 27.1 Å². The summed E-state index contributed by atoms with van der Waals surface area (Å²) in [5.41, 5.74) is 3.22. The van der Waals surface area contributed by atoms with E-state index in [4.69, 9.17) is 4.74 Å². The van der Waals surface area contributed by atoms with Crippen molar-refractivity contribution in [3.63, 3.8) is 0 Å². The van der Waals surface area contributed by atoms with Crippen molar-refractivity contribution < 1.29 is 13.5 Å². The minimum absolute atomic E-state index is 0.220. The summed E-state index contributed by atoms with van der Waals surface area (Å²) in [6.07, 6.45) is 2.41. The van der Waals surface area contributed by atoms with E-state index in [0.29, 0.717) is 6.61 Å². The maximum absolute atomic E-state index is 14.3. The molecule has 0 atom stereocenters. The van der Waals surface area contributed by atoms with E-state index < -0.39 is 11.6 Å². The van der Waals surface area contributed by atoms with Gasteiger partial charge >= 0.3 is 0 Å². The summed E-state index contributed by atoms with van der Waals surface area (Å²) < 4.78 is 36.0. The first-order valence-corrected chi connectivity index (χ1v) is 10.3. The van der Waals surface area contributed by atoms with Crippen LogP contribution >= 0.6 is 27.3 Å². The first-order chi connectivity index (χ1) is 13.6. The molecule has 0 N–H and O–H groups in total. The molecule has 2 aromatic heterocycles. The van der Waals surface area contributed by atoms with Gasteiger partial charge in [0.05, 0.1) is 23.4 Å². The second-order valence-electron chi connectivity index (χ2n) is 6.43. The Morgan fingerprint density at radius 2 is 1.96 bits per heavy atom. The van der Waals surface area contributed by atoms with Crippen molar-refractivity contribution in [2.75, 3.05) is 6.61 Å². The molecule has 28 heavy (non-hydrogen) atoms. The highest BCUT2D eigenvalue weighted by Gasteiger charge is 2.21. The summed E-state index contributed by atoms with van der Waals surface area (Å²) in [5, 5.41) is 4.26. The van der Waals surface area contributed by atoms with Gasteiger partial charge in [-0.3, -0.25) is 0 Å². The van der Waals surface area contributed by atoms with Crippen LogP contribution < -0.4 is 4.74 Å². The Kier molecular flexibility index (Phi) is 4.29. The number of rotatable bonds is 2. The number of hydrogen-bond acceptors (Lipinski definition) is 3. The molecule has 4 aromatic rings. The van der Waals surface area contributed by atoms with Crippen molar-refractivity contribution in [1.29, 1.82) is 0 Å². The van der Waals surface area contributed by atoms with Crippen LogP contribution in [0.2, 0.25) is 0 Å². The molecule has 0 fully saturated rings. The fraction of sp³-hybridized carbons (Fsp3) is 0.0952. The fourth-order valence-electron chi connectivity index (χ4n) is 3.38. The number of nitrogens with zero attached hydrogens (tertiary/aromatic N) is 2. The lowest BCUT2D eigenvalue weighted by Crippen LogP contribution is -2.02. The van der Waals surface area contributed by atoms with Crippen molar-refractivity contribution in [3.05, 3.63) is 76.4 Å². The molecule has 0 amide bonds. The lowest BCUT2D eigenvalue weighted by Gasteiger charge is -2.08. The minimum atomic E-state index is -0.647. The highest BCUT2D eigenvalue weighted by Crippen LogP contribution is 2.44. The summed E-state index contributed by atoms with van der Waals surface area (Å²) in [6.45, 7) is 0.596. The van der Waals surface area contributed by atoms with Crippen LogP contribution in [0.25, 0.3) is 26.7 Å². The summed E-state index contributed by atoms with van der Waals surface area (Å²) >= 11 is 5.11. The van der Waals surface area contributed by atoms with Gasteiger partial charge < -0.3 is 4.74 Å². The Morgan fingerprint density at radius 1 is 1.07 bits per heavy atom. The molecule has 3 heterocycles. The van der Waals surface area contributed by atoms with Gasteiger partial charge in [0, 0.05) is 27.4 Å². The molecule has 0 saturated carbocycles. The number of aromatic nitrogens is 2. The van der Waals surface area contributed by atoms with Gasteiger partial charge in [0.25, 0.3) is 0 Å². The molecule has 3 nitrogen and oxygen atoms in total. The van der Waals surface area contributed by atoms with Crippen molar-refractivity contribution in [2.45, 2.75) is 6.42 Å². The fourth-order valence-corrected chi connectivity index (χ4v) is 4.97. The van der Waals surface area contributed by atoms with Gasteiger partial charge in [-0.1, -0.05) is 15.9 Å². The van der Waals surface area contributed by atoms with Gasteiger partial charge in [-0.25, -0.2) is 13.5 Å². The molecule has 0 aliphatic carbocycles. The van der Waals surface area contributed by atoms with Crippen molar-refractivity contribution in [2.24, 2.45) is 0 Å². The van der Waals surface area contributed by atoms with Crippen LogP contribution in [-0.2, 0) is 6.42 Å². The molecule has 1 aliphatic heterocycles. The van der Waals surface area contributed by atoms with Gasteiger partial charge in [-0.2, -0.15) is 5.10 Å². The Hall–Kier alpha value is -2.51. The van der Waals surface area contributed by atoms with Gasteiger partial charge in [0.2, 0.25) is 0 Å². The zero-order valence-electron chi connectivity index (χ0n) is 14.5. The van der Waals surface area contributed by atoms with E-state index in [9.17, 15) is 8.78 Å². The number of benzene rings is 2. The van der Waals surface area contributed by atoms with E-state index in [1.165, 1.54) is 22.4 Å². The normalized spacial score (nSPS) is 12.8. The second-order valence-corrected chi connectivity index (χ2v) is 8.40. The molecule has 0 bridgehead atoms. The Balaban J connectivity index is 1.64. The maximum atomic E-state index is 14.3. The smallest absolute Gasteiger partial charge is 0.151 e. The summed E-state index contributed by atoms with van der Waals surface area (Å²) in [7, 11) is 0. The molecule has 0 radical (unpaired) electrons. The highest BCUT2D eigenvalue weighted by molar-refractivity contribution is 9.10. The largest absolute Gasteiger partial charge is 0.493 e.